The van der Waals surface area contributed by atoms with E-state index in [1.54, 1.807) is 6.07 Å². The standard InChI is InChI=1S/C4H4N2O.CH4N2O/c7-4-5-2-1-3-6-4;2-1(3)4/h1-3H,(H,5,6,7);(H4,2,3,4). The van der Waals surface area contributed by atoms with Gasteiger partial charge in [0.15, 0.2) is 0 Å². The van der Waals surface area contributed by atoms with Gasteiger partial charge in [0.05, 0.1) is 0 Å². The zero-order valence-electron chi connectivity index (χ0n) is 5.65. The van der Waals surface area contributed by atoms with Gasteiger partial charge in [0, 0.05) is 12.4 Å². The van der Waals surface area contributed by atoms with Crippen LogP contribution in [0.25, 0.3) is 0 Å². The lowest BCUT2D eigenvalue weighted by molar-refractivity contribution is 0.256. The smallest absolute Gasteiger partial charge is 0.344 e. The monoisotopic (exact) mass is 156 g/mol. The van der Waals surface area contributed by atoms with Crippen molar-refractivity contribution in [3.05, 3.63) is 28.9 Å². The van der Waals surface area contributed by atoms with Crippen molar-refractivity contribution in [1.29, 1.82) is 0 Å². The van der Waals surface area contributed by atoms with E-state index in [9.17, 15) is 4.79 Å². The SMILES string of the molecule is NC(N)=O.O=c1nccc[nH]1. The van der Waals surface area contributed by atoms with Gasteiger partial charge < -0.3 is 16.5 Å². The summed E-state index contributed by atoms with van der Waals surface area (Å²) in [6.45, 7) is 0. The van der Waals surface area contributed by atoms with Gasteiger partial charge in [0.1, 0.15) is 0 Å². The first kappa shape index (κ1) is 9.15. The van der Waals surface area contributed by atoms with E-state index in [2.05, 4.69) is 21.4 Å². The maximum atomic E-state index is 10.1. The molecule has 60 valence electrons. The van der Waals surface area contributed by atoms with Crippen LogP contribution in [-0.2, 0) is 0 Å². The number of amides is 2. The van der Waals surface area contributed by atoms with Gasteiger partial charge in [-0.2, -0.15) is 0 Å². The fourth-order valence-electron chi connectivity index (χ4n) is 0.310. The van der Waals surface area contributed by atoms with E-state index in [0.717, 1.165) is 0 Å². The van der Waals surface area contributed by atoms with E-state index in [1.807, 2.05) is 0 Å². The first-order valence-electron chi connectivity index (χ1n) is 2.67. The van der Waals surface area contributed by atoms with E-state index in [-0.39, 0.29) is 5.69 Å². The van der Waals surface area contributed by atoms with Crippen molar-refractivity contribution in [3.8, 4) is 0 Å². The van der Waals surface area contributed by atoms with Gasteiger partial charge in [-0.1, -0.05) is 0 Å². The molecule has 0 fully saturated rings. The molecule has 0 aliphatic heterocycles. The van der Waals surface area contributed by atoms with Crippen LogP contribution in [0.4, 0.5) is 4.79 Å². The molecule has 1 heterocycles. The highest BCUT2D eigenvalue weighted by atomic mass is 16.2. The van der Waals surface area contributed by atoms with Crippen LogP contribution in [-0.4, -0.2) is 16.0 Å². The molecular formula is C5H8N4O2. The van der Waals surface area contributed by atoms with Gasteiger partial charge in [-0.15, -0.1) is 0 Å². The third kappa shape index (κ3) is 8.15. The Morgan fingerprint density at radius 3 is 2.27 bits per heavy atom. The van der Waals surface area contributed by atoms with Gasteiger partial charge in [-0.3, -0.25) is 0 Å². The number of nitrogens with two attached hydrogens (primary N) is 2. The van der Waals surface area contributed by atoms with E-state index in [4.69, 9.17) is 4.79 Å². The summed E-state index contributed by atoms with van der Waals surface area (Å²) in [6.07, 6.45) is 2.98. The Balaban J connectivity index is 0.000000218. The van der Waals surface area contributed by atoms with Crippen LogP contribution >= 0.6 is 0 Å². The molecular weight excluding hydrogens is 148 g/mol. The van der Waals surface area contributed by atoms with Crippen molar-refractivity contribution in [2.75, 3.05) is 0 Å². The molecule has 0 saturated carbocycles. The number of nitrogens with one attached hydrogen (secondary N) is 1. The molecule has 2 amide bonds. The van der Waals surface area contributed by atoms with Gasteiger partial charge in [-0.05, 0) is 6.07 Å². The zero-order valence-corrected chi connectivity index (χ0v) is 5.65. The topological polar surface area (TPSA) is 115 Å². The summed E-state index contributed by atoms with van der Waals surface area (Å²) in [6, 6.07) is 0.821. The molecule has 11 heavy (non-hydrogen) atoms. The summed E-state index contributed by atoms with van der Waals surface area (Å²) in [4.78, 5) is 24.8. The molecule has 1 rings (SSSR count). The quantitative estimate of drug-likeness (QED) is 0.437. The van der Waals surface area contributed by atoms with Crippen molar-refractivity contribution in [1.82, 2.24) is 9.97 Å². The normalized spacial score (nSPS) is 7.64. The maximum absolute atomic E-state index is 10.1. The predicted octanol–water partition coefficient (Wildman–Crippen LogP) is -1.21. The average molecular weight is 156 g/mol. The minimum Gasteiger partial charge on any atom is -0.352 e. The highest BCUT2D eigenvalue weighted by Crippen LogP contribution is 1.61. The summed E-state index contributed by atoms with van der Waals surface area (Å²) < 4.78 is 0. The lowest BCUT2D eigenvalue weighted by Gasteiger charge is -1.72. The minimum atomic E-state index is -0.833. The van der Waals surface area contributed by atoms with Crippen LogP contribution in [0.5, 0.6) is 0 Å². The molecule has 1 aromatic rings. The number of carbonyl (C=O) groups is 1. The Kier molecular flexibility index (Phi) is 4.14. The van der Waals surface area contributed by atoms with Crippen LogP contribution in [0.3, 0.4) is 0 Å². The van der Waals surface area contributed by atoms with Gasteiger partial charge in [0.2, 0.25) is 0 Å². The summed E-state index contributed by atoms with van der Waals surface area (Å²) in [5.74, 6) is 0. The van der Waals surface area contributed by atoms with E-state index in [0.29, 0.717) is 0 Å². The summed E-state index contributed by atoms with van der Waals surface area (Å²) in [5.41, 5.74) is 8.20. The Hall–Kier alpha value is -1.85. The third-order valence-corrected chi connectivity index (χ3v) is 0.581. The molecule has 0 aliphatic carbocycles. The fourth-order valence-corrected chi connectivity index (χ4v) is 0.310. The molecule has 0 saturated heterocycles. The maximum Gasteiger partial charge on any atom is 0.344 e. The number of aromatic nitrogens is 2. The second-order valence-corrected chi connectivity index (χ2v) is 1.49. The number of hydrogen-bond acceptors (Lipinski definition) is 3. The number of carbonyl (C=O) groups excluding carboxylic acids is 1. The van der Waals surface area contributed by atoms with Crippen LogP contribution in [0, 0.1) is 0 Å². The Morgan fingerprint density at radius 1 is 1.55 bits per heavy atom. The molecule has 0 unspecified atom stereocenters. The third-order valence-electron chi connectivity index (χ3n) is 0.581. The number of primary amides is 2. The van der Waals surface area contributed by atoms with Gasteiger partial charge in [-0.25, -0.2) is 14.6 Å². The van der Waals surface area contributed by atoms with Crippen molar-refractivity contribution in [3.63, 3.8) is 0 Å². The predicted molar refractivity (Wildman–Crippen MR) is 38.6 cm³/mol. The highest BCUT2D eigenvalue weighted by Gasteiger charge is 1.70. The Labute approximate surface area is 62.2 Å². The number of aromatic amines is 1. The second-order valence-electron chi connectivity index (χ2n) is 1.49. The molecule has 1 aromatic heterocycles. The molecule has 0 aliphatic rings. The van der Waals surface area contributed by atoms with Crippen LogP contribution in [0.1, 0.15) is 0 Å². The fraction of sp³-hybridized carbons (Fsp3) is 0. The number of nitrogens with zero attached hydrogens (tertiary/aromatic N) is 1. The number of hydrogen-bond donors (Lipinski definition) is 3. The Morgan fingerprint density at radius 2 is 2.09 bits per heavy atom. The van der Waals surface area contributed by atoms with Gasteiger partial charge in [0.25, 0.3) is 0 Å². The molecule has 6 heteroatoms. The zero-order chi connectivity index (χ0) is 8.69. The molecule has 0 atom stereocenters. The van der Waals surface area contributed by atoms with E-state index >= 15 is 0 Å². The number of H-pyrrole nitrogens is 1. The number of urea groups is 1. The van der Waals surface area contributed by atoms with Crippen molar-refractivity contribution >= 4 is 6.03 Å². The van der Waals surface area contributed by atoms with Crippen molar-refractivity contribution in [2.45, 2.75) is 0 Å². The highest BCUT2D eigenvalue weighted by molar-refractivity contribution is 5.69. The second kappa shape index (κ2) is 4.98. The first-order valence-corrected chi connectivity index (χ1v) is 2.67. The molecule has 5 N–H and O–H groups in total. The molecule has 0 spiro atoms. The van der Waals surface area contributed by atoms with Crippen LogP contribution < -0.4 is 17.2 Å². The summed E-state index contributed by atoms with van der Waals surface area (Å²) >= 11 is 0. The van der Waals surface area contributed by atoms with E-state index in [1.165, 1.54) is 12.4 Å². The van der Waals surface area contributed by atoms with Gasteiger partial charge >= 0.3 is 11.7 Å². The van der Waals surface area contributed by atoms with Crippen LogP contribution in [0.15, 0.2) is 23.3 Å². The van der Waals surface area contributed by atoms with Crippen LogP contribution in [0.2, 0.25) is 0 Å². The Bertz CT molecular complexity index is 248. The number of rotatable bonds is 0. The lowest BCUT2D eigenvalue weighted by Crippen LogP contribution is -2.18. The summed E-state index contributed by atoms with van der Waals surface area (Å²) in [7, 11) is 0. The first-order chi connectivity index (χ1) is 5.13. The molecule has 0 aromatic carbocycles. The lowest BCUT2D eigenvalue weighted by atomic mass is 10.7. The summed E-state index contributed by atoms with van der Waals surface area (Å²) in [5, 5.41) is 0. The van der Waals surface area contributed by atoms with Crippen molar-refractivity contribution in [2.24, 2.45) is 11.5 Å². The van der Waals surface area contributed by atoms with E-state index < -0.39 is 6.03 Å². The molecule has 0 radical (unpaired) electrons. The largest absolute Gasteiger partial charge is 0.352 e. The molecule has 0 bridgehead atoms. The average Bonchev–Trinajstić information content (AvgIpc) is 1.87. The minimum absolute atomic E-state index is 0.303. The molecule has 6 nitrogen and oxygen atoms in total. The van der Waals surface area contributed by atoms with Crippen molar-refractivity contribution < 1.29 is 4.79 Å².